The summed E-state index contributed by atoms with van der Waals surface area (Å²) < 4.78 is 15.3. The van der Waals surface area contributed by atoms with Gasteiger partial charge in [-0.05, 0) is 6.42 Å². The molecule has 4 unspecified atom stereocenters. The van der Waals surface area contributed by atoms with Crippen LogP contribution in [-0.2, 0) is 28.6 Å². The van der Waals surface area contributed by atoms with Crippen LogP contribution >= 0.6 is 0 Å². The Morgan fingerprint density at radius 1 is 1.42 bits per heavy atom. The Kier molecular flexibility index (Phi) is 2.62. The highest BCUT2D eigenvalue weighted by Crippen LogP contribution is 2.58. The van der Waals surface area contributed by atoms with Crippen LogP contribution in [0, 0.1) is 11.8 Å². The Labute approximate surface area is 109 Å². The first kappa shape index (κ1) is 12.2. The molecule has 0 amide bonds. The lowest BCUT2D eigenvalue weighted by molar-refractivity contribution is -0.168. The molecule has 0 aromatic carbocycles. The number of fused-ring (bicyclic) bond motifs is 1. The Morgan fingerprint density at radius 3 is 2.84 bits per heavy atom. The number of rotatable bonds is 4. The molecule has 2 bridgehead atoms. The van der Waals surface area contributed by atoms with Crippen molar-refractivity contribution < 1.29 is 28.6 Å². The molecule has 102 valence electrons. The van der Waals surface area contributed by atoms with E-state index in [-0.39, 0.29) is 23.9 Å². The minimum Gasteiger partial charge on any atom is -0.462 e. The highest BCUT2D eigenvalue weighted by atomic mass is 16.6. The molecular weight excluding hydrogens is 252 g/mol. The number of ether oxygens (including phenoxy) is 3. The van der Waals surface area contributed by atoms with Gasteiger partial charge in [-0.15, -0.1) is 0 Å². The zero-order valence-corrected chi connectivity index (χ0v) is 10.3. The summed E-state index contributed by atoms with van der Waals surface area (Å²) in [5.74, 6) is -1.39. The fraction of sp³-hybridized carbons (Fsp3) is 0.615. The molecule has 6 heteroatoms. The first-order chi connectivity index (χ1) is 9.03. The van der Waals surface area contributed by atoms with E-state index in [1.165, 1.54) is 0 Å². The highest BCUT2D eigenvalue weighted by molar-refractivity contribution is 5.84. The quantitative estimate of drug-likeness (QED) is 0.415. The standard InChI is InChI=1S/C13H14O6/c1-2-10(14)17-6-11(15)19-13-3-7-8(4-13)12(16)18-9(7)5-13/h2,7-9H,1,3-6H2. The van der Waals surface area contributed by atoms with Gasteiger partial charge in [0, 0.05) is 24.8 Å². The van der Waals surface area contributed by atoms with E-state index in [0.29, 0.717) is 19.3 Å². The van der Waals surface area contributed by atoms with Gasteiger partial charge in [-0.25, -0.2) is 9.59 Å². The predicted octanol–water partition coefficient (Wildman–Crippen LogP) is 0.353. The Morgan fingerprint density at radius 2 is 2.21 bits per heavy atom. The average molecular weight is 266 g/mol. The van der Waals surface area contributed by atoms with Gasteiger partial charge in [-0.2, -0.15) is 0 Å². The molecule has 1 saturated heterocycles. The van der Waals surface area contributed by atoms with Crippen molar-refractivity contribution >= 4 is 17.9 Å². The molecule has 0 N–H and O–H groups in total. The lowest BCUT2D eigenvalue weighted by Gasteiger charge is -2.27. The third-order valence-corrected chi connectivity index (χ3v) is 4.17. The van der Waals surface area contributed by atoms with Gasteiger partial charge < -0.3 is 14.2 Å². The molecule has 4 atom stereocenters. The maximum atomic E-state index is 11.7. The van der Waals surface area contributed by atoms with Crippen molar-refractivity contribution in [1.82, 2.24) is 0 Å². The summed E-state index contributed by atoms with van der Waals surface area (Å²) in [6.07, 6.45) is 2.61. The third-order valence-electron chi connectivity index (χ3n) is 4.17. The van der Waals surface area contributed by atoms with Crippen LogP contribution in [0.4, 0.5) is 0 Å². The fourth-order valence-corrected chi connectivity index (χ4v) is 3.49. The van der Waals surface area contributed by atoms with Gasteiger partial charge in [0.2, 0.25) is 0 Å². The second-order valence-electron chi connectivity index (χ2n) is 5.33. The van der Waals surface area contributed by atoms with Crippen LogP contribution in [0.5, 0.6) is 0 Å². The van der Waals surface area contributed by atoms with Gasteiger partial charge in [-0.1, -0.05) is 6.58 Å². The maximum absolute atomic E-state index is 11.7. The molecular formula is C13H14O6. The Bertz CT molecular complexity index is 466. The van der Waals surface area contributed by atoms with E-state index in [4.69, 9.17) is 9.47 Å². The van der Waals surface area contributed by atoms with E-state index in [9.17, 15) is 14.4 Å². The number of carbonyl (C=O) groups excluding carboxylic acids is 3. The van der Waals surface area contributed by atoms with Crippen LogP contribution in [-0.4, -0.2) is 36.2 Å². The lowest BCUT2D eigenvalue weighted by Crippen LogP contribution is -2.35. The van der Waals surface area contributed by atoms with Gasteiger partial charge in [0.25, 0.3) is 0 Å². The van der Waals surface area contributed by atoms with Crippen molar-refractivity contribution in [2.75, 3.05) is 6.61 Å². The zero-order chi connectivity index (χ0) is 13.6. The van der Waals surface area contributed by atoms with Crippen molar-refractivity contribution in [2.45, 2.75) is 31.0 Å². The molecule has 3 rings (SSSR count). The second-order valence-corrected chi connectivity index (χ2v) is 5.33. The molecule has 0 spiro atoms. The molecule has 19 heavy (non-hydrogen) atoms. The number of carbonyl (C=O) groups is 3. The molecule has 0 radical (unpaired) electrons. The van der Waals surface area contributed by atoms with Crippen LogP contribution in [0.1, 0.15) is 19.3 Å². The summed E-state index contributed by atoms with van der Waals surface area (Å²) in [7, 11) is 0. The first-order valence-electron chi connectivity index (χ1n) is 6.24. The Balaban J connectivity index is 1.59. The van der Waals surface area contributed by atoms with Gasteiger partial charge in [0.05, 0.1) is 5.92 Å². The number of hydrogen-bond acceptors (Lipinski definition) is 6. The van der Waals surface area contributed by atoms with E-state index in [1.54, 1.807) is 0 Å². The van der Waals surface area contributed by atoms with E-state index < -0.39 is 24.1 Å². The molecule has 0 aromatic heterocycles. The summed E-state index contributed by atoms with van der Waals surface area (Å²) in [5, 5.41) is 0. The molecule has 2 saturated carbocycles. The van der Waals surface area contributed by atoms with Crippen LogP contribution in [0.25, 0.3) is 0 Å². The molecule has 0 aromatic rings. The molecule has 3 fully saturated rings. The van der Waals surface area contributed by atoms with E-state index in [1.807, 2.05) is 0 Å². The minimum atomic E-state index is -0.663. The molecule has 1 aliphatic heterocycles. The van der Waals surface area contributed by atoms with Crippen LogP contribution in [0.15, 0.2) is 12.7 Å². The zero-order valence-electron chi connectivity index (χ0n) is 10.3. The SMILES string of the molecule is C=CC(=O)OCC(=O)OC12CC3OC(=O)C(C1)C3C2. The van der Waals surface area contributed by atoms with Crippen LogP contribution in [0.3, 0.4) is 0 Å². The average Bonchev–Trinajstić information content (AvgIpc) is 2.94. The lowest BCUT2D eigenvalue weighted by atomic mass is 9.88. The normalized spacial score (nSPS) is 37.9. The molecule has 2 aliphatic carbocycles. The topological polar surface area (TPSA) is 78.9 Å². The molecule has 3 aliphatic rings. The highest BCUT2D eigenvalue weighted by Gasteiger charge is 2.65. The van der Waals surface area contributed by atoms with Crippen molar-refractivity contribution in [3.05, 3.63) is 12.7 Å². The molecule has 1 heterocycles. The molecule has 6 nitrogen and oxygen atoms in total. The van der Waals surface area contributed by atoms with Crippen LogP contribution < -0.4 is 0 Å². The fourth-order valence-electron chi connectivity index (χ4n) is 3.49. The van der Waals surface area contributed by atoms with Crippen molar-refractivity contribution in [3.8, 4) is 0 Å². The minimum absolute atomic E-state index is 0.116. The summed E-state index contributed by atoms with van der Waals surface area (Å²) in [4.78, 5) is 34.0. The number of hydrogen-bond donors (Lipinski definition) is 0. The maximum Gasteiger partial charge on any atom is 0.344 e. The van der Waals surface area contributed by atoms with Crippen molar-refractivity contribution in [2.24, 2.45) is 11.8 Å². The van der Waals surface area contributed by atoms with Crippen LogP contribution in [0.2, 0.25) is 0 Å². The van der Waals surface area contributed by atoms with E-state index in [0.717, 1.165) is 6.08 Å². The Hall–Kier alpha value is -1.85. The monoisotopic (exact) mass is 266 g/mol. The second kappa shape index (κ2) is 4.08. The summed E-state index contributed by atoms with van der Waals surface area (Å²) in [6, 6.07) is 0. The largest absolute Gasteiger partial charge is 0.462 e. The summed E-state index contributed by atoms with van der Waals surface area (Å²) in [6.45, 7) is 2.80. The van der Waals surface area contributed by atoms with Gasteiger partial charge in [0.15, 0.2) is 6.61 Å². The summed E-state index contributed by atoms with van der Waals surface area (Å²) >= 11 is 0. The van der Waals surface area contributed by atoms with E-state index >= 15 is 0 Å². The van der Waals surface area contributed by atoms with Crippen molar-refractivity contribution in [3.63, 3.8) is 0 Å². The van der Waals surface area contributed by atoms with Gasteiger partial charge in [-0.3, -0.25) is 4.79 Å². The number of esters is 3. The smallest absolute Gasteiger partial charge is 0.344 e. The van der Waals surface area contributed by atoms with Gasteiger partial charge >= 0.3 is 17.9 Å². The third kappa shape index (κ3) is 1.91. The van der Waals surface area contributed by atoms with E-state index in [2.05, 4.69) is 11.3 Å². The first-order valence-corrected chi connectivity index (χ1v) is 6.24. The predicted molar refractivity (Wildman–Crippen MR) is 60.7 cm³/mol. The summed E-state index contributed by atoms with van der Waals surface area (Å²) in [5.41, 5.74) is -0.607. The van der Waals surface area contributed by atoms with Gasteiger partial charge in [0.1, 0.15) is 11.7 Å². The van der Waals surface area contributed by atoms with Crippen molar-refractivity contribution in [1.29, 1.82) is 0 Å².